The van der Waals surface area contributed by atoms with Gasteiger partial charge in [0.15, 0.2) is 0 Å². The maximum atomic E-state index is 3.75. The highest BCUT2D eigenvalue weighted by atomic mass is 79.9. The van der Waals surface area contributed by atoms with E-state index in [1.807, 2.05) is 0 Å². The van der Waals surface area contributed by atoms with E-state index < -0.39 is 0 Å². The molecule has 1 aromatic carbocycles. The highest BCUT2D eigenvalue weighted by molar-refractivity contribution is 9.10. The van der Waals surface area contributed by atoms with Crippen LogP contribution < -0.4 is 10.2 Å². The highest BCUT2D eigenvalue weighted by Gasteiger charge is 2.35. The average molecular weight is 339 g/mol. The predicted octanol–water partition coefficient (Wildman–Crippen LogP) is 4.36. The lowest BCUT2D eigenvalue weighted by Crippen LogP contribution is -2.64. The van der Waals surface area contributed by atoms with Crippen LogP contribution in [0.5, 0.6) is 0 Å². The van der Waals surface area contributed by atoms with Gasteiger partial charge >= 0.3 is 0 Å². The second-order valence-corrected chi connectivity index (χ2v) is 7.52. The van der Waals surface area contributed by atoms with Gasteiger partial charge in [0.05, 0.1) is 0 Å². The van der Waals surface area contributed by atoms with Crippen LogP contribution in [0, 0.1) is 12.8 Å². The zero-order valence-electron chi connectivity index (χ0n) is 13.3. The quantitative estimate of drug-likeness (QED) is 0.880. The van der Waals surface area contributed by atoms with E-state index in [2.05, 4.69) is 79.0 Å². The normalized spacial score (nSPS) is 27.1. The summed E-state index contributed by atoms with van der Waals surface area (Å²) in [5, 5.41) is 3.75. The number of hydrogen-bond acceptors (Lipinski definition) is 2. The maximum absolute atomic E-state index is 3.75. The van der Waals surface area contributed by atoms with Crippen molar-refractivity contribution in [2.45, 2.75) is 52.6 Å². The average Bonchev–Trinajstić information content (AvgIpc) is 2.41. The Labute approximate surface area is 132 Å². The molecular formula is C17H27BrN2. The zero-order valence-corrected chi connectivity index (χ0v) is 14.9. The topological polar surface area (TPSA) is 15.3 Å². The van der Waals surface area contributed by atoms with Crippen molar-refractivity contribution >= 4 is 21.6 Å². The largest absolute Gasteiger partial charge is 0.365 e. The van der Waals surface area contributed by atoms with Gasteiger partial charge in [-0.1, -0.05) is 36.7 Å². The van der Waals surface area contributed by atoms with Crippen LogP contribution in [0.15, 0.2) is 22.7 Å². The number of rotatable bonds is 3. The van der Waals surface area contributed by atoms with Crippen molar-refractivity contribution in [3.63, 3.8) is 0 Å². The van der Waals surface area contributed by atoms with Crippen molar-refractivity contribution in [3.8, 4) is 0 Å². The van der Waals surface area contributed by atoms with Crippen LogP contribution in [-0.2, 0) is 0 Å². The summed E-state index contributed by atoms with van der Waals surface area (Å²) in [4.78, 5) is 2.60. The molecule has 1 aromatic rings. The lowest BCUT2D eigenvalue weighted by molar-refractivity contribution is 0.253. The summed E-state index contributed by atoms with van der Waals surface area (Å²) in [5.41, 5.74) is 2.87. The minimum absolute atomic E-state index is 0.215. The molecule has 2 unspecified atom stereocenters. The van der Waals surface area contributed by atoms with E-state index in [0.717, 1.165) is 19.5 Å². The fourth-order valence-corrected chi connectivity index (χ4v) is 3.18. The van der Waals surface area contributed by atoms with E-state index in [4.69, 9.17) is 0 Å². The Morgan fingerprint density at radius 2 is 2.15 bits per heavy atom. The minimum atomic E-state index is 0.215. The summed E-state index contributed by atoms with van der Waals surface area (Å²) in [6, 6.07) is 7.29. The van der Waals surface area contributed by atoms with Gasteiger partial charge in [0.2, 0.25) is 0 Å². The third kappa shape index (κ3) is 3.20. The second kappa shape index (κ2) is 6.07. The third-order valence-corrected chi connectivity index (χ3v) is 5.57. The number of piperazine rings is 1. The van der Waals surface area contributed by atoms with Crippen molar-refractivity contribution < 1.29 is 0 Å². The van der Waals surface area contributed by atoms with Gasteiger partial charge in [-0.3, -0.25) is 0 Å². The summed E-state index contributed by atoms with van der Waals surface area (Å²) in [5.74, 6) is 0.646. The van der Waals surface area contributed by atoms with E-state index in [9.17, 15) is 0 Å². The second-order valence-electron chi connectivity index (χ2n) is 6.67. The summed E-state index contributed by atoms with van der Waals surface area (Å²) < 4.78 is 1.19. The van der Waals surface area contributed by atoms with Gasteiger partial charge in [-0.15, -0.1) is 0 Å². The number of benzene rings is 1. The number of halogens is 1. The zero-order chi connectivity index (χ0) is 14.9. The SMILES string of the molecule is CCC1(C)CN(c2ccc(Br)c(C)c2)C(C(C)C)CN1. The molecule has 1 heterocycles. The van der Waals surface area contributed by atoms with E-state index in [0.29, 0.717) is 12.0 Å². The molecule has 1 N–H and O–H groups in total. The van der Waals surface area contributed by atoms with Crippen molar-refractivity contribution in [1.82, 2.24) is 5.32 Å². The van der Waals surface area contributed by atoms with Crippen molar-refractivity contribution in [2.24, 2.45) is 5.92 Å². The van der Waals surface area contributed by atoms with Crippen LogP contribution in [0.4, 0.5) is 5.69 Å². The predicted molar refractivity (Wildman–Crippen MR) is 91.5 cm³/mol. The van der Waals surface area contributed by atoms with Crippen molar-refractivity contribution in [3.05, 3.63) is 28.2 Å². The first kappa shape index (κ1) is 15.8. The molecule has 1 saturated heterocycles. The summed E-state index contributed by atoms with van der Waals surface area (Å²) >= 11 is 3.60. The van der Waals surface area contributed by atoms with Crippen LogP contribution in [0.3, 0.4) is 0 Å². The number of hydrogen-bond donors (Lipinski definition) is 1. The molecule has 0 radical (unpaired) electrons. The summed E-state index contributed by atoms with van der Waals surface area (Å²) in [6.45, 7) is 13.6. The Morgan fingerprint density at radius 3 is 2.70 bits per heavy atom. The molecule has 112 valence electrons. The van der Waals surface area contributed by atoms with Crippen LogP contribution in [-0.4, -0.2) is 24.7 Å². The first-order chi connectivity index (χ1) is 9.36. The lowest BCUT2D eigenvalue weighted by Gasteiger charge is -2.49. The Hall–Kier alpha value is -0.540. The van der Waals surface area contributed by atoms with Crippen molar-refractivity contribution in [2.75, 3.05) is 18.0 Å². The van der Waals surface area contributed by atoms with Crippen LogP contribution >= 0.6 is 15.9 Å². The van der Waals surface area contributed by atoms with Gasteiger partial charge in [-0.2, -0.15) is 0 Å². The van der Waals surface area contributed by atoms with Gasteiger partial charge in [0.1, 0.15) is 0 Å². The standard InChI is InChI=1S/C17H27BrN2/c1-6-17(5)11-20(16(10-19-17)12(2)3)14-7-8-15(18)13(4)9-14/h7-9,12,16,19H,6,10-11H2,1-5H3. The molecule has 2 nitrogen and oxygen atoms in total. The van der Waals surface area contributed by atoms with Crippen LogP contribution in [0.1, 0.15) is 39.7 Å². The molecule has 0 aliphatic carbocycles. The molecule has 0 saturated carbocycles. The molecule has 2 atom stereocenters. The van der Waals surface area contributed by atoms with E-state index in [1.165, 1.54) is 15.7 Å². The maximum Gasteiger partial charge on any atom is 0.0438 e. The Bertz CT molecular complexity index is 472. The molecule has 1 aliphatic heterocycles. The van der Waals surface area contributed by atoms with E-state index >= 15 is 0 Å². The van der Waals surface area contributed by atoms with E-state index in [-0.39, 0.29) is 5.54 Å². The molecule has 0 aromatic heterocycles. The first-order valence-electron chi connectivity index (χ1n) is 7.64. The number of nitrogens with zero attached hydrogens (tertiary/aromatic N) is 1. The smallest absolute Gasteiger partial charge is 0.0438 e. The highest BCUT2D eigenvalue weighted by Crippen LogP contribution is 2.30. The fraction of sp³-hybridized carbons (Fsp3) is 0.647. The molecule has 2 rings (SSSR count). The minimum Gasteiger partial charge on any atom is -0.365 e. The number of anilines is 1. The number of aryl methyl sites for hydroxylation is 1. The van der Waals surface area contributed by atoms with Gasteiger partial charge in [0, 0.05) is 34.8 Å². The molecule has 1 fully saturated rings. The van der Waals surface area contributed by atoms with Gasteiger partial charge in [0.25, 0.3) is 0 Å². The first-order valence-corrected chi connectivity index (χ1v) is 8.43. The van der Waals surface area contributed by atoms with Crippen molar-refractivity contribution in [1.29, 1.82) is 0 Å². The number of nitrogens with one attached hydrogen (secondary N) is 1. The molecular weight excluding hydrogens is 312 g/mol. The monoisotopic (exact) mass is 338 g/mol. The summed E-state index contributed by atoms with van der Waals surface area (Å²) in [6.07, 6.45) is 1.16. The Balaban J connectivity index is 2.33. The van der Waals surface area contributed by atoms with Crippen LogP contribution in [0.2, 0.25) is 0 Å². The summed E-state index contributed by atoms with van der Waals surface area (Å²) in [7, 11) is 0. The van der Waals surface area contributed by atoms with E-state index in [1.54, 1.807) is 0 Å². The molecule has 3 heteroatoms. The van der Waals surface area contributed by atoms with Gasteiger partial charge < -0.3 is 10.2 Å². The molecule has 0 amide bonds. The molecule has 0 spiro atoms. The van der Waals surface area contributed by atoms with Gasteiger partial charge in [-0.25, -0.2) is 0 Å². The lowest BCUT2D eigenvalue weighted by atomic mass is 9.89. The molecule has 0 bridgehead atoms. The van der Waals surface area contributed by atoms with Crippen LogP contribution in [0.25, 0.3) is 0 Å². The Kier molecular flexibility index (Phi) is 4.80. The molecule has 1 aliphatic rings. The fourth-order valence-electron chi connectivity index (χ4n) is 2.93. The van der Waals surface area contributed by atoms with Gasteiger partial charge in [-0.05, 0) is 49.9 Å². The molecule has 20 heavy (non-hydrogen) atoms. The Morgan fingerprint density at radius 1 is 1.45 bits per heavy atom. The third-order valence-electron chi connectivity index (χ3n) is 4.68.